The van der Waals surface area contributed by atoms with Gasteiger partial charge in [-0.3, -0.25) is 4.79 Å². The first-order chi connectivity index (χ1) is 9.29. The molecule has 2 saturated heterocycles. The number of rotatable bonds is 3. The topological polar surface area (TPSA) is 23.6 Å². The fourth-order valence-electron chi connectivity index (χ4n) is 3.04. The summed E-state index contributed by atoms with van der Waals surface area (Å²) in [5, 5.41) is 0.904. The summed E-state index contributed by atoms with van der Waals surface area (Å²) in [6, 6.07) is 8.33. The fourth-order valence-corrected chi connectivity index (χ4v) is 3.47. The number of carbonyl (C=O) groups excluding carboxylic acids is 1. The van der Waals surface area contributed by atoms with Crippen molar-refractivity contribution in [1.29, 1.82) is 0 Å². The average Bonchev–Trinajstić information content (AvgIpc) is 3.08. The molecule has 0 aliphatic carbocycles. The maximum Gasteiger partial charge on any atom is 0.227 e. The standard InChI is InChI=1S/C15H19BrN2O/c16-10-12-9-15(19)18(11-12)14-6-2-1-5-13(14)17-7-3-4-8-17/h1-2,5-6,12H,3-4,7-11H2. The van der Waals surface area contributed by atoms with Crippen LogP contribution in [-0.4, -0.2) is 30.9 Å². The zero-order chi connectivity index (χ0) is 13.2. The minimum Gasteiger partial charge on any atom is -0.370 e. The minimum absolute atomic E-state index is 0.260. The molecule has 1 aromatic carbocycles. The Kier molecular flexibility index (Phi) is 3.78. The zero-order valence-electron chi connectivity index (χ0n) is 11.0. The van der Waals surface area contributed by atoms with Crippen LogP contribution in [0, 0.1) is 5.92 Å². The molecule has 2 fully saturated rings. The first-order valence-electron chi connectivity index (χ1n) is 7.00. The molecule has 4 heteroatoms. The quantitative estimate of drug-likeness (QED) is 0.798. The van der Waals surface area contributed by atoms with E-state index in [1.807, 2.05) is 11.0 Å². The monoisotopic (exact) mass is 322 g/mol. The van der Waals surface area contributed by atoms with Crippen molar-refractivity contribution in [2.24, 2.45) is 5.92 Å². The van der Waals surface area contributed by atoms with E-state index in [-0.39, 0.29) is 5.91 Å². The van der Waals surface area contributed by atoms with Crippen molar-refractivity contribution < 1.29 is 4.79 Å². The van der Waals surface area contributed by atoms with Crippen LogP contribution in [-0.2, 0) is 4.79 Å². The van der Waals surface area contributed by atoms with E-state index >= 15 is 0 Å². The van der Waals surface area contributed by atoms with Gasteiger partial charge in [0.05, 0.1) is 11.4 Å². The molecule has 2 aliphatic heterocycles. The molecule has 1 unspecified atom stereocenters. The molecule has 3 rings (SSSR count). The summed E-state index contributed by atoms with van der Waals surface area (Å²) in [4.78, 5) is 16.6. The Bertz CT molecular complexity index is 471. The maximum atomic E-state index is 12.2. The molecule has 0 bridgehead atoms. The second-order valence-electron chi connectivity index (χ2n) is 5.41. The Hall–Kier alpha value is -1.03. The predicted octanol–water partition coefficient (Wildman–Crippen LogP) is 3.03. The fraction of sp³-hybridized carbons (Fsp3) is 0.533. The largest absolute Gasteiger partial charge is 0.370 e. The third-order valence-electron chi connectivity index (χ3n) is 4.04. The number of anilines is 2. The molecule has 1 atom stereocenters. The highest BCUT2D eigenvalue weighted by Crippen LogP contribution is 2.35. The van der Waals surface area contributed by atoms with Crippen molar-refractivity contribution in [1.82, 2.24) is 0 Å². The van der Waals surface area contributed by atoms with Crippen LogP contribution < -0.4 is 9.80 Å². The Morgan fingerprint density at radius 2 is 1.84 bits per heavy atom. The van der Waals surface area contributed by atoms with Crippen LogP contribution in [0.2, 0.25) is 0 Å². The van der Waals surface area contributed by atoms with Crippen molar-refractivity contribution in [3.63, 3.8) is 0 Å². The van der Waals surface area contributed by atoms with E-state index in [0.717, 1.165) is 30.7 Å². The van der Waals surface area contributed by atoms with E-state index in [1.165, 1.54) is 18.5 Å². The van der Waals surface area contributed by atoms with Gasteiger partial charge in [0.2, 0.25) is 5.91 Å². The highest BCUT2D eigenvalue weighted by molar-refractivity contribution is 9.09. The predicted molar refractivity (Wildman–Crippen MR) is 82.1 cm³/mol. The molecule has 0 aromatic heterocycles. The van der Waals surface area contributed by atoms with Gasteiger partial charge in [0.1, 0.15) is 0 Å². The molecule has 19 heavy (non-hydrogen) atoms. The second-order valence-corrected chi connectivity index (χ2v) is 6.06. The molecular formula is C15H19BrN2O. The van der Waals surface area contributed by atoms with E-state index in [0.29, 0.717) is 12.3 Å². The van der Waals surface area contributed by atoms with Gasteiger partial charge in [0, 0.05) is 31.4 Å². The van der Waals surface area contributed by atoms with Gasteiger partial charge in [-0.25, -0.2) is 0 Å². The summed E-state index contributed by atoms with van der Waals surface area (Å²) in [6.07, 6.45) is 3.18. The van der Waals surface area contributed by atoms with Gasteiger partial charge in [-0.15, -0.1) is 0 Å². The Morgan fingerprint density at radius 3 is 2.47 bits per heavy atom. The number of alkyl halides is 1. The first kappa shape index (κ1) is 13.0. The van der Waals surface area contributed by atoms with Crippen LogP contribution in [0.25, 0.3) is 0 Å². The van der Waals surface area contributed by atoms with Crippen LogP contribution in [0.5, 0.6) is 0 Å². The van der Waals surface area contributed by atoms with Crippen LogP contribution in [0.1, 0.15) is 19.3 Å². The highest BCUT2D eigenvalue weighted by Gasteiger charge is 2.31. The van der Waals surface area contributed by atoms with Gasteiger partial charge in [0.25, 0.3) is 0 Å². The first-order valence-corrected chi connectivity index (χ1v) is 8.12. The number of hydrogen-bond donors (Lipinski definition) is 0. The number of halogens is 1. The van der Waals surface area contributed by atoms with Crippen molar-refractivity contribution >= 4 is 33.2 Å². The van der Waals surface area contributed by atoms with Crippen LogP contribution >= 0.6 is 15.9 Å². The molecule has 3 nitrogen and oxygen atoms in total. The van der Waals surface area contributed by atoms with Crippen molar-refractivity contribution in [2.75, 3.05) is 34.8 Å². The summed E-state index contributed by atoms with van der Waals surface area (Å²) >= 11 is 3.50. The molecule has 0 N–H and O–H groups in total. The van der Waals surface area contributed by atoms with Crippen molar-refractivity contribution in [3.8, 4) is 0 Å². The number of benzene rings is 1. The Labute approximate surface area is 122 Å². The molecule has 102 valence electrons. The highest BCUT2D eigenvalue weighted by atomic mass is 79.9. The molecule has 2 heterocycles. The summed E-state index contributed by atoms with van der Waals surface area (Å²) in [7, 11) is 0. The number of hydrogen-bond acceptors (Lipinski definition) is 2. The van der Waals surface area contributed by atoms with Gasteiger partial charge in [0.15, 0.2) is 0 Å². The van der Waals surface area contributed by atoms with E-state index in [4.69, 9.17) is 0 Å². The third-order valence-corrected chi connectivity index (χ3v) is 4.96. The third kappa shape index (κ3) is 2.50. The summed E-state index contributed by atoms with van der Waals surface area (Å²) in [5.41, 5.74) is 2.32. The lowest BCUT2D eigenvalue weighted by molar-refractivity contribution is -0.117. The molecule has 0 radical (unpaired) electrons. The van der Waals surface area contributed by atoms with Crippen LogP contribution in [0.4, 0.5) is 11.4 Å². The molecule has 0 spiro atoms. The molecule has 1 amide bonds. The average molecular weight is 323 g/mol. The lowest BCUT2D eigenvalue weighted by Crippen LogP contribution is -2.28. The van der Waals surface area contributed by atoms with E-state index in [1.54, 1.807) is 0 Å². The SMILES string of the molecule is O=C1CC(CBr)CN1c1ccccc1N1CCCC1. The zero-order valence-corrected chi connectivity index (χ0v) is 12.6. The summed E-state index contributed by atoms with van der Waals surface area (Å²) in [6.45, 7) is 3.07. The summed E-state index contributed by atoms with van der Waals surface area (Å²) in [5.74, 6) is 0.704. The van der Waals surface area contributed by atoms with Gasteiger partial charge < -0.3 is 9.80 Å². The van der Waals surface area contributed by atoms with Gasteiger partial charge in [-0.2, -0.15) is 0 Å². The van der Waals surface area contributed by atoms with Gasteiger partial charge in [-0.1, -0.05) is 28.1 Å². The molecule has 0 saturated carbocycles. The number of nitrogens with zero attached hydrogens (tertiary/aromatic N) is 2. The Morgan fingerprint density at radius 1 is 1.16 bits per heavy atom. The molecule has 2 aliphatic rings. The Balaban J connectivity index is 1.90. The lowest BCUT2D eigenvalue weighted by atomic mass is 10.2. The molecule has 1 aromatic rings. The number of carbonyl (C=O) groups is 1. The van der Waals surface area contributed by atoms with E-state index < -0.39 is 0 Å². The smallest absolute Gasteiger partial charge is 0.227 e. The normalized spacial score (nSPS) is 23.4. The summed E-state index contributed by atoms with van der Waals surface area (Å²) < 4.78 is 0. The van der Waals surface area contributed by atoms with Gasteiger partial charge >= 0.3 is 0 Å². The van der Waals surface area contributed by atoms with Crippen LogP contribution in [0.15, 0.2) is 24.3 Å². The van der Waals surface area contributed by atoms with Crippen LogP contribution in [0.3, 0.4) is 0 Å². The van der Waals surface area contributed by atoms with E-state index in [9.17, 15) is 4.79 Å². The van der Waals surface area contributed by atoms with Crippen molar-refractivity contribution in [2.45, 2.75) is 19.3 Å². The van der Waals surface area contributed by atoms with E-state index in [2.05, 4.69) is 39.0 Å². The number of amides is 1. The maximum absolute atomic E-state index is 12.2. The van der Waals surface area contributed by atoms with Crippen molar-refractivity contribution in [3.05, 3.63) is 24.3 Å². The second kappa shape index (κ2) is 5.53. The minimum atomic E-state index is 0.260. The number of para-hydroxylation sites is 2. The molecular weight excluding hydrogens is 304 g/mol. The van der Waals surface area contributed by atoms with Gasteiger partial charge in [-0.05, 0) is 30.9 Å². The lowest BCUT2D eigenvalue weighted by Gasteiger charge is -2.26.